The Balaban J connectivity index is 2.19. The van der Waals surface area contributed by atoms with Gasteiger partial charge < -0.3 is 5.11 Å². The molecule has 11 heteroatoms. The number of nitro groups is 1. The van der Waals surface area contributed by atoms with Crippen LogP contribution in [0.5, 0.6) is 5.88 Å². The summed E-state index contributed by atoms with van der Waals surface area (Å²) < 4.78 is 25.5. The van der Waals surface area contributed by atoms with Crippen molar-refractivity contribution in [2.24, 2.45) is 0 Å². The summed E-state index contributed by atoms with van der Waals surface area (Å²) in [5, 5.41) is 20.3. The Kier molecular flexibility index (Phi) is 3.04. The lowest BCUT2D eigenvalue weighted by molar-refractivity contribution is -0.384. The van der Waals surface area contributed by atoms with Crippen molar-refractivity contribution >= 4 is 37.1 Å². The Bertz CT molecular complexity index is 1060. The van der Waals surface area contributed by atoms with E-state index in [9.17, 15) is 23.3 Å². The Hall–Kier alpha value is -2.66. The third-order valence-electron chi connectivity index (χ3n) is 2.88. The van der Waals surface area contributed by atoms with Crippen molar-refractivity contribution in [2.75, 3.05) is 0 Å². The van der Waals surface area contributed by atoms with Crippen molar-refractivity contribution in [3.8, 4) is 5.88 Å². The van der Waals surface area contributed by atoms with Crippen LogP contribution in [0.1, 0.15) is 0 Å². The van der Waals surface area contributed by atoms with Crippen molar-refractivity contribution in [2.45, 2.75) is 4.21 Å². The highest BCUT2D eigenvalue weighted by Crippen LogP contribution is 2.32. The number of non-ortho nitro benzene ring substituents is 1. The second-order valence-corrected chi connectivity index (χ2v) is 7.42. The number of nitrogens with zero attached hydrogens (tertiary/aromatic N) is 2. The lowest BCUT2D eigenvalue weighted by Gasteiger charge is -1.99. The minimum absolute atomic E-state index is 0.161. The lowest BCUT2D eigenvalue weighted by Crippen LogP contribution is -2.23. The summed E-state index contributed by atoms with van der Waals surface area (Å²) in [5.74, 6) is -0.578. The predicted octanol–water partition coefficient (Wildman–Crippen LogP) is 1.24. The summed E-state index contributed by atoms with van der Waals surface area (Å²) in [4.78, 5) is 23.6. The summed E-state index contributed by atoms with van der Waals surface area (Å²) in [5.41, 5.74) is -1.16. The van der Waals surface area contributed by atoms with Crippen molar-refractivity contribution in [1.82, 2.24) is 8.96 Å². The molecule has 0 fully saturated rings. The molecule has 0 aliphatic carbocycles. The van der Waals surface area contributed by atoms with Gasteiger partial charge in [0.1, 0.15) is 4.21 Å². The summed E-state index contributed by atoms with van der Waals surface area (Å²) in [7, 11) is -4.18. The van der Waals surface area contributed by atoms with E-state index in [2.05, 4.69) is 0 Å². The zero-order valence-electron chi connectivity index (χ0n) is 10.6. The van der Waals surface area contributed by atoms with Gasteiger partial charge in [-0.2, -0.15) is 12.4 Å². The minimum atomic E-state index is -4.18. The molecule has 0 saturated carbocycles. The molecule has 0 radical (unpaired) electrons. The number of benzene rings is 1. The van der Waals surface area contributed by atoms with Crippen LogP contribution in [0, 0.1) is 10.1 Å². The molecule has 114 valence electrons. The van der Waals surface area contributed by atoms with Crippen LogP contribution in [0.2, 0.25) is 0 Å². The predicted molar refractivity (Wildman–Crippen MR) is 77.8 cm³/mol. The van der Waals surface area contributed by atoms with E-state index in [4.69, 9.17) is 5.11 Å². The molecular weight excluding hydrogens is 334 g/mol. The van der Waals surface area contributed by atoms with Crippen LogP contribution in [0.3, 0.4) is 0 Å². The molecule has 3 aromatic rings. The summed E-state index contributed by atoms with van der Waals surface area (Å²) in [6.07, 6.45) is 0.754. The van der Waals surface area contributed by atoms with Gasteiger partial charge in [-0.05, 0) is 12.1 Å². The Morgan fingerprint density at radius 2 is 2.05 bits per heavy atom. The third kappa shape index (κ3) is 2.16. The summed E-state index contributed by atoms with van der Waals surface area (Å²) in [6.45, 7) is 0. The van der Waals surface area contributed by atoms with E-state index in [1.54, 1.807) is 0 Å². The molecule has 0 spiro atoms. The fourth-order valence-electron chi connectivity index (χ4n) is 1.89. The highest BCUT2D eigenvalue weighted by Gasteiger charge is 2.23. The van der Waals surface area contributed by atoms with E-state index in [-0.39, 0.29) is 9.90 Å². The van der Waals surface area contributed by atoms with Gasteiger partial charge in [-0.3, -0.25) is 15.1 Å². The smallest absolute Gasteiger partial charge is 0.342 e. The highest BCUT2D eigenvalue weighted by molar-refractivity contribution is 7.92. The number of H-pyrrole nitrogens is 1. The SMILES string of the molecule is O=c1[nH]c(O)cn1S(=O)(=O)c1cc2cc([N+](=O)[O-])ccc2s1. The van der Waals surface area contributed by atoms with Crippen molar-refractivity contribution < 1.29 is 18.4 Å². The molecule has 9 nitrogen and oxygen atoms in total. The number of hydrogen-bond donors (Lipinski definition) is 2. The van der Waals surface area contributed by atoms with E-state index in [0.717, 1.165) is 17.5 Å². The van der Waals surface area contributed by atoms with Crippen molar-refractivity contribution in [3.63, 3.8) is 0 Å². The standard InChI is InChI=1S/C11H7N3O6S2/c15-9-5-13(11(16)12-9)22(19,20)10-4-6-3-7(14(17)18)1-2-8(6)21-10/h1-5,15H,(H,12,16). The average Bonchev–Trinajstić information content (AvgIpc) is 3.01. The summed E-state index contributed by atoms with van der Waals surface area (Å²) >= 11 is 0.872. The van der Waals surface area contributed by atoms with E-state index in [0.29, 0.717) is 14.1 Å². The first-order valence-electron chi connectivity index (χ1n) is 5.73. The van der Waals surface area contributed by atoms with Crippen LogP contribution in [0.15, 0.2) is 39.5 Å². The maximum Gasteiger partial charge on any atom is 0.342 e. The van der Waals surface area contributed by atoms with Crippen LogP contribution in [0.4, 0.5) is 5.69 Å². The van der Waals surface area contributed by atoms with Gasteiger partial charge in [0.15, 0.2) is 0 Å². The van der Waals surface area contributed by atoms with Crippen molar-refractivity contribution in [3.05, 3.63) is 51.1 Å². The molecule has 0 aliphatic rings. The molecule has 2 aromatic heterocycles. The summed E-state index contributed by atoms with van der Waals surface area (Å²) in [6, 6.07) is 5.21. The second-order valence-electron chi connectivity index (χ2n) is 4.29. The van der Waals surface area contributed by atoms with E-state index in [1.807, 2.05) is 4.98 Å². The van der Waals surface area contributed by atoms with Gasteiger partial charge in [-0.1, -0.05) is 0 Å². The van der Waals surface area contributed by atoms with Crippen LogP contribution in [-0.2, 0) is 10.0 Å². The van der Waals surface area contributed by atoms with Gasteiger partial charge >= 0.3 is 5.69 Å². The molecule has 2 heterocycles. The van der Waals surface area contributed by atoms with E-state index < -0.39 is 26.5 Å². The molecule has 0 aliphatic heterocycles. The number of fused-ring (bicyclic) bond motifs is 1. The number of thiophene rings is 1. The molecule has 0 saturated heterocycles. The van der Waals surface area contributed by atoms with E-state index in [1.165, 1.54) is 24.3 Å². The number of imidazole rings is 1. The minimum Gasteiger partial charge on any atom is -0.493 e. The highest BCUT2D eigenvalue weighted by atomic mass is 32.2. The molecule has 22 heavy (non-hydrogen) atoms. The van der Waals surface area contributed by atoms with Crippen LogP contribution in [0.25, 0.3) is 10.1 Å². The van der Waals surface area contributed by atoms with Gasteiger partial charge in [0.25, 0.3) is 15.7 Å². The number of hydrogen-bond acceptors (Lipinski definition) is 7. The zero-order valence-corrected chi connectivity index (χ0v) is 12.2. The lowest BCUT2D eigenvalue weighted by atomic mass is 10.2. The molecule has 2 N–H and O–H groups in total. The monoisotopic (exact) mass is 341 g/mol. The van der Waals surface area contributed by atoms with Crippen LogP contribution in [-0.4, -0.2) is 27.4 Å². The number of aromatic nitrogens is 2. The van der Waals surface area contributed by atoms with Gasteiger partial charge in [0, 0.05) is 22.2 Å². The Labute approximate surface area is 126 Å². The van der Waals surface area contributed by atoms with Crippen LogP contribution < -0.4 is 5.69 Å². The number of nitro benzene ring substituents is 1. The second kappa shape index (κ2) is 4.68. The molecule has 3 rings (SSSR count). The number of rotatable bonds is 3. The van der Waals surface area contributed by atoms with E-state index >= 15 is 0 Å². The first-order valence-corrected chi connectivity index (χ1v) is 7.99. The molecule has 0 unspecified atom stereocenters. The Morgan fingerprint density at radius 3 is 2.64 bits per heavy atom. The maximum atomic E-state index is 12.4. The van der Waals surface area contributed by atoms with Gasteiger partial charge in [-0.25, -0.2) is 4.79 Å². The number of nitrogens with one attached hydrogen (secondary N) is 1. The maximum absolute atomic E-state index is 12.4. The third-order valence-corrected chi connectivity index (χ3v) is 6.08. The van der Waals surface area contributed by atoms with Crippen LogP contribution >= 0.6 is 11.3 Å². The molecule has 0 bridgehead atoms. The molecular formula is C11H7N3O6S2. The number of aromatic amines is 1. The Morgan fingerprint density at radius 1 is 1.32 bits per heavy atom. The zero-order chi connectivity index (χ0) is 16.1. The first-order chi connectivity index (χ1) is 10.3. The first kappa shape index (κ1) is 14.3. The fourth-order valence-corrected chi connectivity index (χ4v) is 4.57. The average molecular weight is 341 g/mol. The quantitative estimate of drug-likeness (QED) is 0.543. The fraction of sp³-hybridized carbons (Fsp3) is 0. The molecule has 0 atom stereocenters. The molecule has 1 aromatic carbocycles. The topological polar surface area (TPSA) is 135 Å². The van der Waals surface area contributed by atoms with Gasteiger partial charge in [-0.15, -0.1) is 11.3 Å². The largest absolute Gasteiger partial charge is 0.493 e. The molecule has 0 amide bonds. The van der Waals surface area contributed by atoms with Gasteiger partial charge in [0.05, 0.1) is 11.1 Å². The normalized spacial score (nSPS) is 11.8. The number of aromatic hydroxyl groups is 1. The van der Waals surface area contributed by atoms with Crippen molar-refractivity contribution in [1.29, 1.82) is 0 Å². The van der Waals surface area contributed by atoms with Gasteiger partial charge in [0.2, 0.25) is 5.88 Å².